The average molecular weight is 661 g/mol. The van der Waals surface area contributed by atoms with Crippen LogP contribution in [0.2, 0.25) is 0 Å². The van der Waals surface area contributed by atoms with E-state index in [-0.39, 0.29) is 12.8 Å². The van der Waals surface area contributed by atoms with Crippen molar-refractivity contribution >= 4 is 29.8 Å². The lowest BCUT2D eigenvalue weighted by Crippen LogP contribution is -2.55. The Labute approximate surface area is 280 Å². The second kappa shape index (κ2) is 18.1. The van der Waals surface area contributed by atoms with Crippen molar-refractivity contribution in [1.29, 1.82) is 0 Å². The first kappa shape index (κ1) is 37.1. The maximum absolute atomic E-state index is 13.3. The number of methoxy groups -OCH3 is 1. The molecule has 3 aromatic carbocycles. The van der Waals surface area contributed by atoms with Crippen molar-refractivity contribution in [2.75, 3.05) is 13.7 Å². The van der Waals surface area contributed by atoms with Gasteiger partial charge in [-0.25, -0.2) is 9.59 Å². The van der Waals surface area contributed by atoms with Gasteiger partial charge in [-0.15, -0.1) is 0 Å². The van der Waals surface area contributed by atoms with Crippen molar-refractivity contribution in [2.24, 2.45) is 0 Å². The number of benzene rings is 3. The first-order valence-electron chi connectivity index (χ1n) is 15.6. The van der Waals surface area contributed by atoms with Gasteiger partial charge in [0.05, 0.1) is 13.7 Å². The standard InChI is InChI=1S/C36H44N4O8/c1-24(32(42)37-22-31(41)39-30(34(44)46-5)21-25-12-8-6-9-13-25)38-33(43)29(40-35(45)48-36(2,3)4)20-26-16-18-28(19-17-26)47-23-27-14-10-7-11-15-27/h6-19,24,29-30H,20-23H2,1-5H3,(H,37,42)(H,38,43)(H,39,41)(H,40,45)/t24-,29+,30+/m1/s1. The van der Waals surface area contributed by atoms with Crippen LogP contribution in [-0.4, -0.2) is 67.2 Å². The van der Waals surface area contributed by atoms with Gasteiger partial charge in [-0.3, -0.25) is 14.4 Å². The van der Waals surface area contributed by atoms with Crippen LogP contribution in [0.15, 0.2) is 84.9 Å². The Bertz CT molecular complexity index is 1510. The number of hydrogen-bond acceptors (Lipinski definition) is 8. The third-order valence-corrected chi connectivity index (χ3v) is 6.90. The Morgan fingerprint density at radius 3 is 1.83 bits per heavy atom. The molecule has 0 bridgehead atoms. The van der Waals surface area contributed by atoms with Crippen LogP contribution in [0.25, 0.3) is 0 Å². The zero-order valence-corrected chi connectivity index (χ0v) is 27.9. The SMILES string of the molecule is COC(=O)[C@H](Cc1ccccc1)NC(=O)CNC(=O)[C@@H](C)NC(=O)[C@H](Cc1ccc(OCc2ccccc2)cc1)NC(=O)OC(C)(C)C. The van der Waals surface area contributed by atoms with Gasteiger partial charge in [-0.2, -0.15) is 0 Å². The predicted molar refractivity (Wildman–Crippen MR) is 179 cm³/mol. The van der Waals surface area contributed by atoms with E-state index in [1.54, 1.807) is 45.0 Å². The van der Waals surface area contributed by atoms with E-state index in [4.69, 9.17) is 14.2 Å². The van der Waals surface area contributed by atoms with Gasteiger partial charge in [0.2, 0.25) is 17.7 Å². The second-order valence-corrected chi connectivity index (χ2v) is 12.1. The zero-order valence-electron chi connectivity index (χ0n) is 27.9. The summed E-state index contributed by atoms with van der Waals surface area (Å²) in [6.45, 7) is 6.50. The molecule has 256 valence electrons. The highest BCUT2D eigenvalue weighted by Crippen LogP contribution is 2.16. The van der Waals surface area contributed by atoms with Gasteiger partial charge < -0.3 is 35.5 Å². The first-order valence-corrected chi connectivity index (χ1v) is 15.6. The van der Waals surface area contributed by atoms with Crippen LogP contribution in [-0.2, 0) is 48.1 Å². The van der Waals surface area contributed by atoms with Gasteiger partial charge in [0.15, 0.2) is 0 Å². The van der Waals surface area contributed by atoms with Gasteiger partial charge >= 0.3 is 12.1 Å². The van der Waals surface area contributed by atoms with E-state index >= 15 is 0 Å². The molecule has 0 fully saturated rings. The van der Waals surface area contributed by atoms with Gasteiger partial charge in [0.25, 0.3) is 0 Å². The third-order valence-electron chi connectivity index (χ3n) is 6.90. The summed E-state index contributed by atoms with van der Waals surface area (Å²) in [6.07, 6.45) is -0.499. The van der Waals surface area contributed by atoms with Gasteiger partial charge in [-0.05, 0) is 56.5 Å². The first-order chi connectivity index (χ1) is 22.8. The number of amides is 4. The van der Waals surface area contributed by atoms with Gasteiger partial charge in [0.1, 0.15) is 36.1 Å². The van der Waals surface area contributed by atoms with E-state index in [0.717, 1.165) is 16.7 Å². The molecule has 0 spiro atoms. The fourth-order valence-corrected chi connectivity index (χ4v) is 4.49. The molecule has 0 heterocycles. The van der Waals surface area contributed by atoms with Crippen LogP contribution in [0, 0.1) is 0 Å². The highest BCUT2D eigenvalue weighted by atomic mass is 16.6. The number of hydrogen-bond donors (Lipinski definition) is 4. The predicted octanol–water partition coefficient (Wildman–Crippen LogP) is 3.22. The number of nitrogens with one attached hydrogen (secondary N) is 4. The summed E-state index contributed by atoms with van der Waals surface area (Å²) < 4.78 is 16.0. The van der Waals surface area contributed by atoms with Gasteiger partial charge in [-0.1, -0.05) is 72.8 Å². The Balaban J connectivity index is 1.58. The molecule has 0 radical (unpaired) electrons. The number of esters is 1. The fourth-order valence-electron chi connectivity index (χ4n) is 4.49. The van der Waals surface area contributed by atoms with E-state index in [0.29, 0.717) is 12.4 Å². The molecule has 48 heavy (non-hydrogen) atoms. The van der Waals surface area contributed by atoms with Crippen molar-refractivity contribution in [3.05, 3.63) is 102 Å². The molecule has 0 aliphatic carbocycles. The maximum atomic E-state index is 13.3. The summed E-state index contributed by atoms with van der Waals surface area (Å²) >= 11 is 0. The van der Waals surface area contributed by atoms with E-state index in [2.05, 4.69) is 21.3 Å². The number of ether oxygens (including phenoxy) is 3. The Morgan fingerprint density at radius 1 is 0.688 bits per heavy atom. The summed E-state index contributed by atoms with van der Waals surface area (Å²) in [7, 11) is 1.22. The Hall–Kier alpha value is -5.39. The van der Waals surface area contributed by atoms with E-state index < -0.39 is 60.1 Å². The largest absolute Gasteiger partial charge is 0.489 e. The molecule has 12 heteroatoms. The van der Waals surface area contributed by atoms with Crippen molar-refractivity contribution in [3.63, 3.8) is 0 Å². The van der Waals surface area contributed by atoms with Crippen LogP contribution in [0.3, 0.4) is 0 Å². The molecule has 0 aromatic heterocycles. The molecule has 0 unspecified atom stereocenters. The highest BCUT2D eigenvalue weighted by molar-refractivity contribution is 5.93. The van der Waals surface area contributed by atoms with Crippen LogP contribution in [0.1, 0.15) is 44.4 Å². The molecular formula is C36H44N4O8. The smallest absolute Gasteiger partial charge is 0.408 e. The molecular weight excluding hydrogens is 616 g/mol. The molecule has 4 N–H and O–H groups in total. The van der Waals surface area contributed by atoms with Crippen LogP contribution >= 0.6 is 0 Å². The summed E-state index contributed by atoms with van der Waals surface area (Å²) in [4.78, 5) is 63.6. The van der Waals surface area contributed by atoms with E-state index in [9.17, 15) is 24.0 Å². The van der Waals surface area contributed by atoms with Crippen molar-refractivity contribution in [1.82, 2.24) is 21.3 Å². The lowest BCUT2D eigenvalue weighted by Gasteiger charge is -2.24. The normalized spacial score (nSPS) is 12.8. The molecule has 4 amide bonds. The van der Waals surface area contributed by atoms with Crippen molar-refractivity contribution < 1.29 is 38.2 Å². The minimum Gasteiger partial charge on any atom is -0.489 e. The maximum Gasteiger partial charge on any atom is 0.408 e. The molecule has 12 nitrogen and oxygen atoms in total. The lowest BCUT2D eigenvalue weighted by molar-refractivity contribution is -0.145. The number of alkyl carbamates (subject to hydrolysis) is 1. The van der Waals surface area contributed by atoms with Crippen molar-refractivity contribution in [3.8, 4) is 5.75 Å². The summed E-state index contributed by atoms with van der Waals surface area (Å²) in [5.74, 6) is -1.89. The molecule has 0 saturated heterocycles. The fraction of sp³-hybridized carbons (Fsp3) is 0.361. The van der Waals surface area contributed by atoms with Crippen LogP contribution in [0.5, 0.6) is 5.75 Å². The summed E-state index contributed by atoms with van der Waals surface area (Å²) in [5.41, 5.74) is 1.76. The van der Waals surface area contributed by atoms with Crippen LogP contribution < -0.4 is 26.0 Å². The molecule has 0 saturated carbocycles. The molecule has 3 atom stereocenters. The number of carbonyl (C=O) groups is 5. The number of rotatable bonds is 15. The summed E-state index contributed by atoms with van der Waals surface area (Å²) in [6, 6.07) is 22.8. The highest BCUT2D eigenvalue weighted by Gasteiger charge is 2.28. The number of carbonyl (C=O) groups excluding carboxylic acids is 5. The van der Waals surface area contributed by atoms with Crippen molar-refractivity contribution in [2.45, 2.75) is 70.9 Å². The lowest BCUT2D eigenvalue weighted by atomic mass is 10.0. The topological polar surface area (TPSA) is 161 Å². The molecule has 3 aromatic rings. The monoisotopic (exact) mass is 660 g/mol. The zero-order chi connectivity index (χ0) is 35.1. The van der Waals surface area contributed by atoms with Gasteiger partial charge in [0, 0.05) is 12.8 Å². The Kier molecular flexibility index (Phi) is 14.0. The van der Waals surface area contributed by atoms with E-state index in [1.165, 1.54) is 14.0 Å². The van der Waals surface area contributed by atoms with Crippen LogP contribution in [0.4, 0.5) is 4.79 Å². The minimum absolute atomic E-state index is 0.0944. The minimum atomic E-state index is -1.09. The quantitative estimate of drug-likeness (QED) is 0.181. The third kappa shape index (κ3) is 13.1. The summed E-state index contributed by atoms with van der Waals surface area (Å²) in [5, 5.41) is 10.2. The molecule has 3 rings (SSSR count). The van der Waals surface area contributed by atoms with E-state index in [1.807, 2.05) is 60.7 Å². The Morgan fingerprint density at radius 2 is 1.25 bits per heavy atom. The molecule has 0 aliphatic rings. The molecule has 0 aliphatic heterocycles. The second-order valence-electron chi connectivity index (χ2n) is 12.1. The average Bonchev–Trinajstić information content (AvgIpc) is 3.05.